The maximum Gasteiger partial charge on any atom is 0.647 e. The third-order valence-corrected chi connectivity index (χ3v) is 7.01. The van der Waals surface area contributed by atoms with Gasteiger partial charge in [0.1, 0.15) is 17.2 Å². The Morgan fingerprint density at radius 2 is 0.814 bits per heavy atom. The first kappa shape index (κ1) is 33.0. The van der Waals surface area contributed by atoms with Gasteiger partial charge >= 0.3 is 19.8 Å². The fraction of sp³-hybridized carbons (Fsp3) is 0.235. The van der Waals surface area contributed by atoms with Crippen LogP contribution in [-0.2, 0) is 14.0 Å². The van der Waals surface area contributed by atoms with Crippen molar-refractivity contribution in [3.05, 3.63) is 126 Å². The van der Waals surface area contributed by atoms with E-state index < -0.39 is 19.8 Å². The number of rotatable bonds is 14. The van der Waals surface area contributed by atoms with Crippen LogP contribution in [0.15, 0.2) is 115 Å². The van der Waals surface area contributed by atoms with Crippen LogP contribution < -0.4 is 13.6 Å². The van der Waals surface area contributed by atoms with Crippen molar-refractivity contribution in [2.24, 2.45) is 0 Å². The lowest BCUT2D eigenvalue weighted by molar-refractivity contribution is 0.0452. The van der Waals surface area contributed by atoms with E-state index in [1.165, 1.54) is 0 Å². The third kappa shape index (κ3) is 11.7. The van der Waals surface area contributed by atoms with Gasteiger partial charge in [0.05, 0.1) is 24.3 Å². The normalized spacial score (nSPS) is 10.5. The number of phosphoric ester groups is 1. The zero-order valence-electron chi connectivity index (χ0n) is 24.4. The van der Waals surface area contributed by atoms with Crippen molar-refractivity contribution >= 4 is 19.8 Å². The molecule has 0 unspecified atom stereocenters. The summed E-state index contributed by atoms with van der Waals surface area (Å²) in [6.07, 6.45) is 3.53. The van der Waals surface area contributed by atoms with Gasteiger partial charge in [0, 0.05) is 0 Å². The monoisotopic (exact) mass is 604 g/mol. The van der Waals surface area contributed by atoms with Gasteiger partial charge in [-0.05, 0) is 61.4 Å². The molecular formula is C34H37O8P. The van der Waals surface area contributed by atoms with Gasteiger partial charge in [0.25, 0.3) is 0 Å². The minimum absolute atomic E-state index is 0.269. The molecule has 226 valence electrons. The second-order valence-electron chi connectivity index (χ2n) is 9.18. The number of carbonyl (C=O) groups is 2. The van der Waals surface area contributed by atoms with E-state index in [0.717, 1.165) is 25.7 Å². The predicted octanol–water partition coefficient (Wildman–Crippen LogP) is 8.93. The second kappa shape index (κ2) is 18.1. The van der Waals surface area contributed by atoms with Gasteiger partial charge in [-0.25, -0.2) is 9.59 Å². The maximum absolute atomic E-state index is 13.1. The number of hydrogen-bond acceptors (Lipinski definition) is 8. The van der Waals surface area contributed by atoms with Crippen molar-refractivity contribution < 1.29 is 37.2 Å². The van der Waals surface area contributed by atoms with Gasteiger partial charge in [-0.3, -0.25) is 0 Å². The van der Waals surface area contributed by atoms with Crippen LogP contribution in [0.5, 0.6) is 17.2 Å². The lowest BCUT2D eigenvalue weighted by Gasteiger charge is -2.19. The molecule has 0 amide bonds. The fourth-order valence-electron chi connectivity index (χ4n) is 3.50. The summed E-state index contributed by atoms with van der Waals surface area (Å²) in [7, 11) is -3.89. The van der Waals surface area contributed by atoms with E-state index in [9.17, 15) is 14.2 Å². The van der Waals surface area contributed by atoms with Crippen LogP contribution in [0.25, 0.3) is 0 Å². The number of benzene rings is 4. The van der Waals surface area contributed by atoms with Gasteiger partial charge in [-0.15, -0.1) is 0 Å². The van der Waals surface area contributed by atoms with E-state index in [-0.39, 0.29) is 11.1 Å². The lowest BCUT2D eigenvalue weighted by Crippen LogP contribution is -2.14. The van der Waals surface area contributed by atoms with Crippen LogP contribution in [0.2, 0.25) is 0 Å². The standard InChI is InChI=1S/C18H15O4P.C16H22O4/c19-23(20-16-10-4-1-5-11-16,21-17-12-6-2-7-13-17)22-18-14-8-3-9-15-18;1-3-5-11-19-15(17)13-9-7-8-10-14(13)16(18)20-12-6-4-2/h1-15H;7-10H,3-6,11-12H2,1-2H3. The largest absolute Gasteiger partial charge is 0.647 e. The minimum Gasteiger partial charge on any atom is -0.462 e. The molecule has 0 atom stereocenters. The SMILES string of the molecule is CCCCOC(=O)c1ccccc1C(=O)OCCCC.O=P(Oc1ccccc1)(Oc1ccccc1)Oc1ccccc1. The molecule has 0 bridgehead atoms. The predicted molar refractivity (Wildman–Crippen MR) is 166 cm³/mol. The van der Waals surface area contributed by atoms with E-state index >= 15 is 0 Å². The lowest BCUT2D eigenvalue weighted by atomic mass is 10.1. The zero-order valence-corrected chi connectivity index (χ0v) is 25.3. The van der Waals surface area contributed by atoms with Gasteiger partial charge in [-0.2, -0.15) is 4.57 Å². The molecule has 0 aromatic heterocycles. The van der Waals surface area contributed by atoms with Crippen LogP contribution in [0.4, 0.5) is 0 Å². The Hall–Kier alpha value is -4.55. The Labute approximate surface area is 253 Å². The van der Waals surface area contributed by atoms with Crippen molar-refractivity contribution in [2.45, 2.75) is 39.5 Å². The maximum atomic E-state index is 13.1. The number of para-hydroxylation sites is 3. The molecule has 4 aromatic carbocycles. The number of esters is 2. The highest BCUT2D eigenvalue weighted by Crippen LogP contribution is 2.49. The van der Waals surface area contributed by atoms with Crippen molar-refractivity contribution in [1.82, 2.24) is 0 Å². The molecule has 0 radical (unpaired) electrons. The Kier molecular flexibility index (Phi) is 13.9. The Balaban J connectivity index is 0.000000238. The molecule has 0 aliphatic carbocycles. The minimum atomic E-state index is -3.89. The summed E-state index contributed by atoms with van der Waals surface area (Å²) in [6, 6.07) is 32.9. The molecule has 0 saturated carbocycles. The quantitative estimate of drug-likeness (QED) is 0.0799. The summed E-state index contributed by atoms with van der Waals surface area (Å²) in [5.41, 5.74) is 0.537. The molecular weight excluding hydrogens is 567 g/mol. The number of hydrogen-bond donors (Lipinski definition) is 0. The van der Waals surface area contributed by atoms with E-state index in [4.69, 9.17) is 23.0 Å². The zero-order chi connectivity index (χ0) is 30.8. The summed E-state index contributed by atoms with van der Waals surface area (Å²) in [5.74, 6) is 0.274. The van der Waals surface area contributed by atoms with Crippen LogP contribution in [0, 0.1) is 0 Å². The Morgan fingerprint density at radius 3 is 1.12 bits per heavy atom. The highest BCUT2D eigenvalue weighted by molar-refractivity contribution is 7.49. The van der Waals surface area contributed by atoms with E-state index in [1.807, 2.05) is 32.0 Å². The van der Waals surface area contributed by atoms with E-state index in [1.54, 1.807) is 97.1 Å². The van der Waals surface area contributed by atoms with Gasteiger partial charge in [0.15, 0.2) is 0 Å². The summed E-state index contributed by atoms with van der Waals surface area (Å²) in [4.78, 5) is 23.9. The Morgan fingerprint density at radius 1 is 0.512 bits per heavy atom. The highest BCUT2D eigenvalue weighted by atomic mass is 31.2. The fourth-order valence-corrected chi connectivity index (χ4v) is 4.75. The average Bonchev–Trinajstić information content (AvgIpc) is 3.03. The average molecular weight is 605 g/mol. The molecule has 0 spiro atoms. The van der Waals surface area contributed by atoms with Gasteiger partial charge < -0.3 is 23.0 Å². The number of ether oxygens (including phenoxy) is 2. The van der Waals surface area contributed by atoms with Crippen LogP contribution in [-0.4, -0.2) is 25.2 Å². The smallest absolute Gasteiger partial charge is 0.462 e. The highest BCUT2D eigenvalue weighted by Gasteiger charge is 2.33. The van der Waals surface area contributed by atoms with Crippen LogP contribution in [0.1, 0.15) is 60.2 Å². The molecule has 0 aliphatic rings. The third-order valence-electron chi connectivity index (χ3n) is 5.71. The number of carbonyl (C=O) groups excluding carboxylic acids is 2. The Bertz CT molecular complexity index is 1280. The van der Waals surface area contributed by atoms with Crippen molar-refractivity contribution in [1.29, 1.82) is 0 Å². The number of unbranched alkanes of at least 4 members (excludes halogenated alkanes) is 2. The van der Waals surface area contributed by atoms with Gasteiger partial charge in [0.2, 0.25) is 0 Å². The summed E-state index contributed by atoms with van der Waals surface area (Å²) < 4.78 is 39.9. The van der Waals surface area contributed by atoms with E-state index in [0.29, 0.717) is 30.5 Å². The molecule has 4 aromatic rings. The van der Waals surface area contributed by atoms with Crippen molar-refractivity contribution in [3.63, 3.8) is 0 Å². The van der Waals surface area contributed by atoms with Gasteiger partial charge in [-0.1, -0.05) is 93.4 Å². The number of phosphoric acid groups is 1. The first-order valence-electron chi connectivity index (χ1n) is 14.2. The molecule has 0 fully saturated rings. The topological polar surface area (TPSA) is 97.4 Å². The molecule has 0 N–H and O–H groups in total. The first-order chi connectivity index (χ1) is 20.9. The summed E-state index contributed by atoms with van der Waals surface area (Å²) in [6.45, 7) is 4.78. The van der Waals surface area contributed by atoms with E-state index in [2.05, 4.69) is 0 Å². The van der Waals surface area contributed by atoms with Crippen LogP contribution in [0.3, 0.4) is 0 Å². The summed E-state index contributed by atoms with van der Waals surface area (Å²) >= 11 is 0. The molecule has 0 aliphatic heterocycles. The molecule has 8 nitrogen and oxygen atoms in total. The molecule has 0 heterocycles. The molecule has 0 saturated heterocycles. The molecule has 9 heteroatoms. The molecule has 43 heavy (non-hydrogen) atoms. The van der Waals surface area contributed by atoms with Crippen molar-refractivity contribution in [2.75, 3.05) is 13.2 Å². The van der Waals surface area contributed by atoms with Crippen LogP contribution >= 0.6 is 7.82 Å². The molecule has 4 rings (SSSR count). The second-order valence-corrected chi connectivity index (χ2v) is 10.6. The first-order valence-corrected chi connectivity index (χ1v) is 15.7. The summed E-state index contributed by atoms with van der Waals surface area (Å²) in [5, 5.41) is 0. The van der Waals surface area contributed by atoms with Crippen molar-refractivity contribution in [3.8, 4) is 17.2 Å².